The van der Waals surface area contributed by atoms with Gasteiger partial charge in [0.05, 0.1) is 11.1 Å². The molecule has 1 aliphatic heterocycles. The van der Waals surface area contributed by atoms with Crippen LogP contribution in [0.3, 0.4) is 0 Å². The number of hydrogen-bond acceptors (Lipinski definition) is 2. The van der Waals surface area contributed by atoms with Gasteiger partial charge in [-0.05, 0) is 48.9 Å². The molecule has 1 amide bonds. The zero-order chi connectivity index (χ0) is 17.8. The van der Waals surface area contributed by atoms with E-state index in [2.05, 4.69) is 12.1 Å². The van der Waals surface area contributed by atoms with Crippen molar-refractivity contribution in [1.82, 2.24) is 4.90 Å². The molecule has 0 radical (unpaired) electrons. The van der Waals surface area contributed by atoms with Gasteiger partial charge in [-0.25, -0.2) is 9.18 Å². The number of hydrogen-bond donors (Lipinski definition) is 1. The summed E-state index contributed by atoms with van der Waals surface area (Å²) in [5.74, 6) is -2.01. The average Bonchev–Trinajstić information content (AvgIpc) is 2.62. The summed E-state index contributed by atoms with van der Waals surface area (Å²) in [6.45, 7) is 1.19. The Labute approximate surface area is 145 Å². The fourth-order valence-corrected chi connectivity index (χ4v) is 3.36. The summed E-state index contributed by atoms with van der Waals surface area (Å²) in [6.07, 6.45) is 2.82. The molecule has 1 heterocycles. The van der Waals surface area contributed by atoms with Crippen molar-refractivity contribution in [3.05, 3.63) is 71.0 Å². The number of piperidine rings is 1. The molecule has 0 aromatic heterocycles. The summed E-state index contributed by atoms with van der Waals surface area (Å²) in [7, 11) is 0. The molecule has 1 unspecified atom stereocenters. The Morgan fingerprint density at radius 2 is 1.92 bits per heavy atom. The Balaban J connectivity index is 1.70. The minimum absolute atomic E-state index is 0.0645. The van der Waals surface area contributed by atoms with E-state index in [4.69, 9.17) is 5.11 Å². The molecule has 4 nitrogen and oxygen atoms in total. The van der Waals surface area contributed by atoms with E-state index in [9.17, 15) is 14.0 Å². The second kappa shape index (κ2) is 7.47. The monoisotopic (exact) mass is 341 g/mol. The number of amides is 1. The fourth-order valence-electron chi connectivity index (χ4n) is 3.36. The normalized spacial score (nSPS) is 17.3. The predicted molar refractivity (Wildman–Crippen MR) is 92.1 cm³/mol. The molecule has 1 N–H and O–H groups in total. The summed E-state index contributed by atoms with van der Waals surface area (Å²) in [4.78, 5) is 25.2. The van der Waals surface area contributed by atoms with Crippen LogP contribution in [0.15, 0.2) is 48.5 Å². The summed E-state index contributed by atoms with van der Waals surface area (Å²) in [5, 5.41) is 8.90. The molecule has 0 bridgehead atoms. The number of carbonyl (C=O) groups is 2. The van der Waals surface area contributed by atoms with Crippen molar-refractivity contribution in [2.24, 2.45) is 5.92 Å². The number of benzene rings is 2. The lowest BCUT2D eigenvalue weighted by atomic mass is 9.91. The molecular weight excluding hydrogens is 321 g/mol. The van der Waals surface area contributed by atoms with Crippen molar-refractivity contribution in [2.45, 2.75) is 19.3 Å². The van der Waals surface area contributed by atoms with Crippen LogP contribution in [0.1, 0.15) is 39.1 Å². The van der Waals surface area contributed by atoms with Crippen molar-refractivity contribution < 1.29 is 19.1 Å². The van der Waals surface area contributed by atoms with E-state index >= 15 is 0 Å². The third-order valence-electron chi connectivity index (χ3n) is 4.62. The van der Waals surface area contributed by atoms with Gasteiger partial charge in [0.15, 0.2) is 0 Å². The lowest BCUT2D eigenvalue weighted by Gasteiger charge is -2.33. The highest BCUT2D eigenvalue weighted by Gasteiger charge is 2.26. The van der Waals surface area contributed by atoms with Gasteiger partial charge in [0.1, 0.15) is 5.82 Å². The van der Waals surface area contributed by atoms with E-state index < -0.39 is 11.8 Å². The summed E-state index contributed by atoms with van der Waals surface area (Å²) >= 11 is 0. The first-order valence-corrected chi connectivity index (χ1v) is 8.40. The second-order valence-corrected chi connectivity index (χ2v) is 6.45. The van der Waals surface area contributed by atoms with Crippen LogP contribution in [0.4, 0.5) is 4.39 Å². The van der Waals surface area contributed by atoms with Gasteiger partial charge in [-0.2, -0.15) is 0 Å². The van der Waals surface area contributed by atoms with Crippen molar-refractivity contribution in [2.75, 3.05) is 13.1 Å². The number of carbonyl (C=O) groups excluding carboxylic acids is 1. The Kier molecular flexibility index (Phi) is 5.12. The van der Waals surface area contributed by atoms with E-state index in [0.29, 0.717) is 19.0 Å². The van der Waals surface area contributed by atoms with Crippen LogP contribution in [-0.4, -0.2) is 35.0 Å². The zero-order valence-electron chi connectivity index (χ0n) is 13.8. The average molecular weight is 341 g/mol. The number of rotatable bonds is 4. The second-order valence-electron chi connectivity index (χ2n) is 6.45. The molecule has 2 aromatic carbocycles. The smallest absolute Gasteiger partial charge is 0.335 e. The number of halogens is 1. The Hall–Kier alpha value is -2.69. The van der Waals surface area contributed by atoms with Crippen LogP contribution in [0.25, 0.3) is 0 Å². The van der Waals surface area contributed by atoms with E-state index in [1.54, 1.807) is 4.90 Å². The lowest BCUT2D eigenvalue weighted by Crippen LogP contribution is -2.40. The molecule has 3 rings (SSSR count). The van der Waals surface area contributed by atoms with Gasteiger partial charge < -0.3 is 10.0 Å². The molecule has 0 spiro atoms. The van der Waals surface area contributed by atoms with Crippen LogP contribution in [0.2, 0.25) is 0 Å². The van der Waals surface area contributed by atoms with Crippen molar-refractivity contribution in [3.8, 4) is 0 Å². The van der Waals surface area contributed by atoms with E-state index in [-0.39, 0.29) is 17.0 Å². The van der Waals surface area contributed by atoms with E-state index in [1.165, 1.54) is 17.7 Å². The highest BCUT2D eigenvalue weighted by molar-refractivity contribution is 5.96. The van der Waals surface area contributed by atoms with Crippen LogP contribution < -0.4 is 0 Å². The Morgan fingerprint density at radius 1 is 1.16 bits per heavy atom. The zero-order valence-corrected chi connectivity index (χ0v) is 13.8. The maximum atomic E-state index is 14.1. The van der Waals surface area contributed by atoms with Crippen LogP contribution in [0.5, 0.6) is 0 Å². The maximum Gasteiger partial charge on any atom is 0.335 e. The SMILES string of the molecule is O=C(O)c1ccc(C(=O)N2CCCC(Cc3ccccc3)C2)c(F)c1. The van der Waals surface area contributed by atoms with Crippen LogP contribution >= 0.6 is 0 Å². The minimum atomic E-state index is -1.21. The first kappa shape index (κ1) is 17.1. The quantitative estimate of drug-likeness (QED) is 0.924. The van der Waals surface area contributed by atoms with Gasteiger partial charge in [0.2, 0.25) is 0 Å². The highest BCUT2D eigenvalue weighted by Crippen LogP contribution is 2.23. The lowest BCUT2D eigenvalue weighted by molar-refractivity contribution is 0.0662. The molecule has 1 aliphatic rings. The molecular formula is C20H20FNO3. The minimum Gasteiger partial charge on any atom is -0.478 e. The first-order valence-electron chi connectivity index (χ1n) is 8.40. The molecule has 130 valence electrons. The molecule has 1 atom stereocenters. The number of aromatic carboxylic acids is 1. The van der Waals surface area contributed by atoms with Crippen molar-refractivity contribution in [1.29, 1.82) is 0 Å². The van der Waals surface area contributed by atoms with Gasteiger partial charge in [-0.15, -0.1) is 0 Å². The molecule has 1 fully saturated rings. The number of carboxylic acids is 1. The summed E-state index contributed by atoms with van der Waals surface area (Å²) < 4.78 is 14.1. The summed E-state index contributed by atoms with van der Waals surface area (Å²) in [5.41, 5.74) is 1.01. The predicted octanol–water partition coefficient (Wildman–Crippen LogP) is 3.62. The van der Waals surface area contributed by atoms with Gasteiger partial charge in [0, 0.05) is 13.1 Å². The van der Waals surface area contributed by atoms with E-state index in [0.717, 1.165) is 25.3 Å². The van der Waals surface area contributed by atoms with Crippen LogP contribution in [-0.2, 0) is 6.42 Å². The van der Waals surface area contributed by atoms with Crippen LogP contribution in [0, 0.1) is 11.7 Å². The summed E-state index contributed by atoms with van der Waals surface area (Å²) in [6, 6.07) is 13.6. The Bertz CT molecular complexity index is 776. The fraction of sp³-hybridized carbons (Fsp3) is 0.300. The van der Waals surface area contributed by atoms with Gasteiger partial charge >= 0.3 is 5.97 Å². The first-order chi connectivity index (χ1) is 12.0. The molecule has 1 saturated heterocycles. The van der Waals surface area contributed by atoms with Crippen molar-refractivity contribution >= 4 is 11.9 Å². The molecule has 2 aromatic rings. The van der Waals surface area contributed by atoms with Gasteiger partial charge in [-0.3, -0.25) is 4.79 Å². The standard InChI is InChI=1S/C20H20FNO3/c21-18-12-16(20(24)25)8-9-17(18)19(23)22-10-4-7-15(13-22)11-14-5-2-1-3-6-14/h1-3,5-6,8-9,12,15H,4,7,10-11,13H2,(H,24,25). The third-order valence-corrected chi connectivity index (χ3v) is 4.62. The third kappa shape index (κ3) is 4.05. The largest absolute Gasteiger partial charge is 0.478 e. The van der Waals surface area contributed by atoms with Gasteiger partial charge in [-0.1, -0.05) is 30.3 Å². The molecule has 25 heavy (non-hydrogen) atoms. The number of carboxylic acid groups (broad SMARTS) is 1. The Morgan fingerprint density at radius 3 is 2.60 bits per heavy atom. The highest BCUT2D eigenvalue weighted by atomic mass is 19.1. The van der Waals surface area contributed by atoms with Gasteiger partial charge in [0.25, 0.3) is 5.91 Å². The maximum absolute atomic E-state index is 14.1. The van der Waals surface area contributed by atoms with Crippen molar-refractivity contribution in [3.63, 3.8) is 0 Å². The van der Waals surface area contributed by atoms with E-state index in [1.807, 2.05) is 18.2 Å². The number of likely N-dealkylation sites (tertiary alicyclic amines) is 1. The molecule has 5 heteroatoms. The molecule has 0 aliphatic carbocycles. The molecule has 0 saturated carbocycles. The topological polar surface area (TPSA) is 57.6 Å². The number of nitrogens with zero attached hydrogens (tertiary/aromatic N) is 1.